The Kier molecular flexibility index (Phi) is 4.65. The van der Waals surface area contributed by atoms with Gasteiger partial charge < -0.3 is 5.32 Å². The van der Waals surface area contributed by atoms with Crippen molar-refractivity contribution in [2.24, 2.45) is 0 Å². The van der Waals surface area contributed by atoms with Crippen LogP contribution in [0.3, 0.4) is 0 Å². The molecule has 0 aliphatic carbocycles. The maximum atomic E-state index is 12.1. The fourth-order valence-corrected chi connectivity index (χ4v) is 1.90. The number of anilines is 1. The molecule has 0 aliphatic heterocycles. The van der Waals surface area contributed by atoms with E-state index in [2.05, 4.69) is 16.9 Å². The molecule has 0 bridgehead atoms. The molecule has 0 saturated heterocycles. The standard InChI is InChI=1S/C15H17N3O2/c1-2-3-4-5-9-14(19)17-12-11-16-13-8-6-7-10-18(13)15(12)20/h2,6-8,10-11H,1,3-5,9H2,(H,17,19). The van der Waals surface area contributed by atoms with Crippen LogP contribution in [0, 0.1) is 0 Å². The fraction of sp³-hybridized carbons (Fsp3) is 0.267. The van der Waals surface area contributed by atoms with Gasteiger partial charge in [-0.2, -0.15) is 0 Å². The maximum absolute atomic E-state index is 12.1. The first-order valence-electron chi connectivity index (χ1n) is 6.59. The molecule has 2 rings (SSSR count). The molecule has 0 spiro atoms. The van der Waals surface area contributed by atoms with Crippen LogP contribution in [0.1, 0.15) is 25.7 Å². The van der Waals surface area contributed by atoms with Crippen molar-refractivity contribution in [2.75, 3.05) is 5.32 Å². The third kappa shape index (κ3) is 3.32. The summed E-state index contributed by atoms with van der Waals surface area (Å²) in [6, 6.07) is 5.29. The molecule has 1 N–H and O–H groups in total. The number of nitrogens with zero attached hydrogens (tertiary/aromatic N) is 2. The number of rotatable bonds is 6. The molecular formula is C15H17N3O2. The highest BCUT2D eigenvalue weighted by molar-refractivity contribution is 5.90. The lowest BCUT2D eigenvalue weighted by Crippen LogP contribution is -2.22. The molecule has 104 valence electrons. The second kappa shape index (κ2) is 6.65. The maximum Gasteiger partial charge on any atom is 0.281 e. The number of carbonyl (C=O) groups excluding carboxylic acids is 1. The number of unbranched alkanes of at least 4 members (excludes halogenated alkanes) is 2. The van der Waals surface area contributed by atoms with Gasteiger partial charge in [-0.15, -0.1) is 6.58 Å². The SMILES string of the molecule is C=CCCCCC(=O)Nc1cnc2ccccn2c1=O. The highest BCUT2D eigenvalue weighted by atomic mass is 16.2. The van der Waals surface area contributed by atoms with E-state index in [1.165, 1.54) is 10.6 Å². The average Bonchev–Trinajstić information content (AvgIpc) is 2.47. The largest absolute Gasteiger partial charge is 0.320 e. The predicted octanol–water partition coefficient (Wildman–Crippen LogP) is 2.38. The van der Waals surface area contributed by atoms with Crippen LogP contribution in [0.5, 0.6) is 0 Å². The summed E-state index contributed by atoms with van der Waals surface area (Å²) in [6.07, 6.45) is 7.85. The van der Waals surface area contributed by atoms with E-state index in [0.717, 1.165) is 19.3 Å². The summed E-state index contributed by atoms with van der Waals surface area (Å²) in [5.41, 5.74) is 0.499. The molecule has 5 nitrogen and oxygen atoms in total. The Bertz CT molecular complexity index is 676. The van der Waals surface area contributed by atoms with E-state index in [0.29, 0.717) is 12.1 Å². The zero-order valence-electron chi connectivity index (χ0n) is 11.2. The Hall–Kier alpha value is -2.43. The minimum absolute atomic E-state index is 0.163. The number of hydrogen-bond donors (Lipinski definition) is 1. The van der Waals surface area contributed by atoms with Crippen molar-refractivity contribution in [1.29, 1.82) is 0 Å². The highest BCUT2D eigenvalue weighted by Gasteiger charge is 2.07. The average molecular weight is 271 g/mol. The minimum atomic E-state index is -0.268. The Balaban J connectivity index is 2.06. The summed E-state index contributed by atoms with van der Waals surface area (Å²) < 4.78 is 1.41. The van der Waals surface area contributed by atoms with Crippen molar-refractivity contribution in [3.05, 3.63) is 53.6 Å². The second-order valence-corrected chi connectivity index (χ2v) is 4.49. The van der Waals surface area contributed by atoms with Gasteiger partial charge in [0.25, 0.3) is 5.56 Å². The highest BCUT2D eigenvalue weighted by Crippen LogP contribution is 2.05. The van der Waals surface area contributed by atoms with Gasteiger partial charge in [-0.3, -0.25) is 14.0 Å². The normalized spacial score (nSPS) is 10.4. The first-order chi connectivity index (χ1) is 9.72. The van der Waals surface area contributed by atoms with E-state index in [1.807, 2.05) is 6.08 Å². The van der Waals surface area contributed by atoms with Gasteiger partial charge in [0.1, 0.15) is 11.3 Å². The number of fused-ring (bicyclic) bond motifs is 1. The number of hydrogen-bond acceptors (Lipinski definition) is 3. The topological polar surface area (TPSA) is 63.5 Å². The van der Waals surface area contributed by atoms with Crippen LogP contribution in [0.15, 0.2) is 48.0 Å². The Labute approximate surface area is 117 Å². The first-order valence-corrected chi connectivity index (χ1v) is 6.59. The van der Waals surface area contributed by atoms with Gasteiger partial charge in [0, 0.05) is 12.6 Å². The molecule has 5 heteroatoms. The lowest BCUT2D eigenvalue weighted by molar-refractivity contribution is -0.116. The number of pyridine rings is 1. The van der Waals surface area contributed by atoms with Crippen LogP contribution in [-0.2, 0) is 4.79 Å². The monoisotopic (exact) mass is 271 g/mol. The third-order valence-corrected chi connectivity index (χ3v) is 2.95. The van der Waals surface area contributed by atoms with Crippen molar-refractivity contribution in [2.45, 2.75) is 25.7 Å². The second-order valence-electron chi connectivity index (χ2n) is 4.49. The van der Waals surface area contributed by atoms with E-state index >= 15 is 0 Å². The van der Waals surface area contributed by atoms with Gasteiger partial charge in [-0.1, -0.05) is 12.1 Å². The van der Waals surface area contributed by atoms with E-state index in [4.69, 9.17) is 0 Å². The van der Waals surface area contributed by atoms with Crippen molar-refractivity contribution < 1.29 is 4.79 Å². The van der Waals surface area contributed by atoms with Crippen molar-refractivity contribution in [3.8, 4) is 0 Å². The van der Waals surface area contributed by atoms with Crippen LogP contribution < -0.4 is 10.9 Å². The summed E-state index contributed by atoms with van der Waals surface area (Å²) in [5.74, 6) is -0.163. The number of aromatic nitrogens is 2. The summed E-state index contributed by atoms with van der Waals surface area (Å²) in [5, 5.41) is 2.62. The van der Waals surface area contributed by atoms with Gasteiger partial charge in [-0.25, -0.2) is 4.98 Å². The molecular weight excluding hydrogens is 254 g/mol. The lowest BCUT2D eigenvalue weighted by atomic mass is 10.2. The van der Waals surface area contributed by atoms with Crippen LogP contribution >= 0.6 is 0 Å². The van der Waals surface area contributed by atoms with Gasteiger partial charge in [0.15, 0.2) is 0 Å². The molecule has 0 saturated carbocycles. The minimum Gasteiger partial charge on any atom is -0.320 e. The van der Waals surface area contributed by atoms with E-state index in [9.17, 15) is 9.59 Å². The van der Waals surface area contributed by atoms with Crippen LogP contribution in [0.25, 0.3) is 5.65 Å². The van der Waals surface area contributed by atoms with Crippen molar-refractivity contribution in [1.82, 2.24) is 9.38 Å². The van der Waals surface area contributed by atoms with Crippen LogP contribution in [0.2, 0.25) is 0 Å². The summed E-state index contributed by atoms with van der Waals surface area (Å²) in [6.45, 7) is 3.63. The van der Waals surface area contributed by atoms with Crippen LogP contribution in [0.4, 0.5) is 5.69 Å². The molecule has 0 atom stereocenters. The fourth-order valence-electron chi connectivity index (χ4n) is 1.90. The number of allylic oxidation sites excluding steroid dienone is 1. The number of carbonyl (C=O) groups is 1. The smallest absolute Gasteiger partial charge is 0.281 e. The summed E-state index contributed by atoms with van der Waals surface area (Å²) in [7, 11) is 0. The number of nitrogens with one attached hydrogen (secondary N) is 1. The number of amides is 1. The molecule has 2 aromatic rings. The van der Waals surface area contributed by atoms with Gasteiger partial charge in [0.2, 0.25) is 5.91 Å². The van der Waals surface area contributed by atoms with Gasteiger partial charge in [0.05, 0.1) is 6.20 Å². The quantitative estimate of drug-likeness (QED) is 0.648. The first kappa shape index (κ1) is 14.0. The Morgan fingerprint density at radius 2 is 2.25 bits per heavy atom. The Morgan fingerprint density at radius 3 is 3.05 bits per heavy atom. The molecule has 20 heavy (non-hydrogen) atoms. The molecule has 2 heterocycles. The van der Waals surface area contributed by atoms with Gasteiger partial charge >= 0.3 is 0 Å². The molecule has 2 aromatic heterocycles. The zero-order chi connectivity index (χ0) is 14.4. The van der Waals surface area contributed by atoms with Crippen molar-refractivity contribution >= 4 is 17.2 Å². The third-order valence-electron chi connectivity index (χ3n) is 2.95. The molecule has 0 radical (unpaired) electrons. The molecule has 0 unspecified atom stereocenters. The summed E-state index contributed by atoms with van der Waals surface area (Å²) in [4.78, 5) is 28.0. The molecule has 0 aromatic carbocycles. The van der Waals surface area contributed by atoms with Gasteiger partial charge in [-0.05, 0) is 31.4 Å². The molecule has 1 amide bonds. The summed E-state index contributed by atoms with van der Waals surface area (Å²) >= 11 is 0. The molecule has 0 aliphatic rings. The zero-order valence-corrected chi connectivity index (χ0v) is 11.2. The van der Waals surface area contributed by atoms with E-state index < -0.39 is 0 Å². The van der Waals surface area contributed by atoms with E-state index in [-0.39, 0.29) is 17.2 Å². The van der Waals surface area contributed by atoms with E-state index in [1.54, 1.807) is 24.4 Å². The lowest BCUT2D eigenvalue weighted by Gasteiger charge is -2.05. The Morgan fingerprint density at radius 1 is 1.40 bits per heavy atom. The van der Waals surface area contributed by atoms with Crippen LogP contribution in [-0.4, -0.2) is 15.3 Å². The van der Waals surface area contributed by atoms with Crippen molar-refractivity contribution in [3.63, 3.8) is 0 Å². The predicted molar refractivity (Wildman–Crippen MR) is 78.8 cm³/mol. The molecule has 0 fully saturated rings.